The number of rotatable bonds is 0. The van der Waals surface area contributed by atoms with Gasteiger partial charge < -0.3 is 4.98 Å². The highest BCUT2D eigenvalue weighted by atomic mass is 79.9. The van der Waals surface area contributed by atoms with E-state index in [9.17, 15) is 4.79 Å². The number of aromatic amines is 1. The molecule has 0 radical (unpaired) electrons. The predicted molar refractivity (Wildman–Crippen MR) is 61.7 cm³/mol. The summed E-state index contributed by atoms with van der Waals surface area (Å²) in [5, 5.41) is 9.29. The molecule has 1 aromatic carbocycles. The number of benzene rings is 1. The van der Waals surface area contributed by atoms with Crippen LogP contribution in [-0.4, -0.2) is 4.98 Å². The first-order valence-electron chi connectivity index (χ1n) is 4.35. The van der Waals surface area contributed by atoms with E-state index in [1.54, 1.807) is 0 Å². The number of fused-ring (bicyclic) bond motifs is 1. The molecule has 1 aromatic heterocycles. The highest BCUT2D eigenvalue weighted by Gasteiger charge is 2.09. The Balaban J connectivity index is 3.07. The summed E-state index contributed by atoms with van der Waals surface area (Å²) in [7, 11) is 0. The molecule has 1 N–H and O–H groups in total. The number of aryl methyl sites for hydroxylation is 1. The van der Waals surface area contributed by atoms with Gasteiger partial charge >= 0.3 is 0 Å². The van der Waals surface area contributed by atoms with Crippen molar-refractivity contribution in [2.24, 2.45) is 0 Å². The highest BCUT2D eigenvalue weighted by molar-refractivity contribution is 9.10. The fourth-order valence-electron chi connectivity index (χ4n) is 1.52. The summed E-state index contributed by atoms with van der Waals surface area (Å²) in [6, 6.07) is 5.59. The lowest BCUT2D eigenvalue weighted by molar-refractivity contribution is 1.31. The van der Waals surface area contributed by atoms with Crippen LogP contribution in [0.5, 0.6) is 0 Å². The van der Waals surface area contributed by atoms with Crippen LogP contribution in [0.25, 0.3) is 10.9 Å². The van der Waals surface area contributed by atoms with Crippen molar-refractivity contribution in [2.45, 2.75) is 6.92 Å². The third-order valence-corrected chi connectivity index (χ3v) is 2.98. The second-order valence-corrected chi connectivity index (χ2v) is 4.11. The molecule has 0 spiro atoms. The van der Waals surface area contributed by atoms with Crippen molar-refractivity contribution < 1.29 is 0 Å². The SMILES string of the molecule is Cc1ccc(Br)c2c(=O)c(C#N)c[nH]c12. The molecule has 4 heteroatoms. The third-order valence-electron chi connectivity index (χ3n) is 2.32. The summed E-state index contributed by atoms with van der Waals surface area (Å²) in [6.45, 7) is 1.91. The van der Waals surface area contributed by atoms with Crippen molar-refractivity contribution in [1.29, 1.82) is 5.26 Å². The molecular formula is C11H7BrN2O. The van der Waals surface area contributed by atoms with E-state index in [-0.39, 0.29) is 11.0 Å². The number of nitrogens with zero attached hydrogens (tertiary/aromatic N) is 1. The summed E-state index contributed by atoms with van der Waals surface area (Å²) in [6.07, 6.45) is 1.45. The molecule has 0 saturated carbocycles. The largest absolute Gasteiger partial charge is 0.359 e. The summed E-state index contributed by atoms with van der Waals surface area (Å²) in [5.74, 6) is 0. The first kappa shape index (κ1) is 9.94. The van der Waals surface area contributed by atoms with Gasteiger partial charge in [-0.05, 0) is 34.5 Å². The van der Waals surface area contributed by atoms with Crippen molar-refractivity contribution in [3.8, 4) is 6.07 Å². The number of hydrogen-bond acceptors (Lipinski definition) is 2. The minimum absolute atomic E-state index is 0.133. The number of nitriles is 1. The summed E-state index contributed by atoms with van der Waals surface area (Å²) < 4.78 is 0.710. The summed E-state index contributed by atoms with van der Waals surface area (Å²) in [5.41, 5.74) is 1.65. The van der Waals surface area contributed by atoms with Gasteiger partial charge in [0.1, 0.15) is 11.6 Å². The zero-order chi connectivity index (χ0) is 11.0. The Morgan fingerprint density at radius 3 is 2.87 bits per heavy atom. The van der Waals surface area contributed by atoms with E-state index < -0.39 is 0 Å². The van der Waals surface area contributed by atoms with Crippen molar-refractivity contribution >= 4 is 26.8 Å². The van der Waals surface area contributed by atoms with Crippen molar-refractivity contribution in [2.75, 3.05) is 0 Å². The van der Waals surface area contributed by atoms with E-state index in [1.165, 1.54) is 6.20 Å². The molecule has 1 heterocycles. The second kappa shape index (κ2) is 3.52. The van der Waals surface area contributed by atoms with Crippen LogP contribution in [0.1, 0.15) is 11.1 Å². The van der Waals surface area contributed by atoms with E-state index in [1.807, 2.05) is 25.1 Å². The molecule has 0 atom stereocenters. The van der Waals surface area contributed by atoms with Gasteiger partial charge in [-0.1, -0.05) is 6.07 Å². The Bertz CT molecular complexity index is 637. The lowest BCUT2D eigenvalue weighted by atomic mass is 10.1. The standard InChI is InChI=1S/C11H7BrN2O/c1-6-2-3-8(12)9-10(6)14-5-7(4-13)11(9)15/h2-3,5H,1H3,(H,14,15). The summed E-state index contributed by atoms with van der Waals surface area (Å²) >= 11 is 3.32. The average molecular weight is 263 g/mol. The van der Waals surface area contributed by atoms with Crippen LogP contribution >= 0.6 is 15.9 Å². The molecular weight excluding hydrogens is 256 g/mol. The van der Waals surface area contributed by atoms with Crippen LogP contribution in [0.3, 0.4) is 0 Å². The first-order valence-corrected chi connectivity index (χ1v) is 5.15. The van der Waals surface area contributed by atoms with E-state index in [4.69, 9.17) is 5.26 Å². The average Bonchev–Trinajstić information content (AvgIpc) is 2.23. The van der Waals surface area contributed by atoms with Crippen molar-refractivity contribution in [3.63, 3.8) is 0 Å². The van der Waals surface area contributed by atoms with Gasteiger partial charge in [-0.15, -0.1) is 0 Å². The minimum atomic E-state index is -0.234. The molecule has 0 bridgehead atoms. The lowest BCUT2D eigenvalue weighted by Gasteiger charge is -2.03. The van der Waals surface area contributed by atoms with Crippen LogP contribution in [0.4, 0.5) is 0 Å². The zero-order valence-corrected chi connectivity index (χ0v) is 9.55. The van der Waals surface area contributed by atoms with Crippen molar-refractivity contribution in [1.82, 2.24) is 4.98 Å². The zero-order valence-electron chi connectivity index (χ0n) is 7.97. The maximum Gasteiger partial charge on any atom is 0.208 e. The van der Waals surface area contributed by atoms with Gasteiger partial charge in [-0.25, -0.2) is 0 Å². The van der Waals surface area contributed by atoms with Gasteiger partial charge in [0.05, 0.1) is 10.9 Å². The Labute approximate surface area is 94.5 Å². The molecule has 0 amide bonds. The number of nitrogens with one attached hydrogen (secondary N) is 1. The van der Waals surface area contributed by atoms with E-state index in [0.29, 0.717) is 9.86 Å². The summed E-state index contributed by atoms with van der Waals surface area (Å²) in [4.78, 5) is 14.8. The number of halogens is 1. The quantitative estimate of drug-likeness (QED) is 0.793. The minimum Gasteiger partial charge on any atom is -0.359 e. The molecule has 2 rings (SSSR count). The molecule has 74 valence electrons. The number of H-pyrrole nitrogens is 1. The predicted octanol–water partition coefficient (Wildman–Crippen LogP) is 2.47. The molecule has 0 aliphatic rings. The van der Waals surface area contributed by atoms with Gasteiger partial charge in [0, 0.05) is 10.7 Å². The van der Waals surface area contributed by atoms with Crippen LogP contribution in [0.15, 0.2) is 27.6 Å². The first-order chi connectivity index (χ1) is 7.15. The van der Waals surface area contributed by atoms with Crippen LogP contribution in [-0.2, 0) is 0 Å². The number of pyridine rings is 1. The molecule has 0 aliphatic carbocycles. The third kappa shape index (κ3) is 1.45. The fourth-order valence-corrected chi connectivity index (χ4v) is 2.03. The van der Waals surface area contributed by atoms with Gasteiger partial charge in [0.25, 0.3) is 0 Å². The maximum absolute atomic E-state index is 11.9. The van der Waals surface area contributed by atoms with Crippen LogP contribution < -0.4 is 5.43 Å². The number of hydrogen-bond donors (Lipinski definition) is 1. The topological polar surface area (TPSA) is 56.6 Å². The Kier molecular flexibility index (Phi) is 2.33. The molecule has 0 unspecified atom stereocenters. The second-order valence-electron chi connectivity index (χ2n) is 3.26. The van der Waals surface area contributed by atoms with E-state index in [0.717, 1.165) is 11.1 Å². The monoisotopic (exact) mass is 262 g/mol. The van der Waals surface area contributed by atoms with Gasteiger partial charge in [0.15, 0.2) is 0 Å². The molecule has 0 fully saturated rings. The van der Waals surface area contributed by atoms with Gasteiger partial charge in [-0.2, -0.15) is 5.26 Å². The molecule has 2 aromatic rings. The van der Waals surface area contributed by atoms with E-state index in [2.05, 4.69) is 20.9 Å². The van der Waals surface area contributed by atoms with Crippen LogP contribution in [0, 0.1) is 18.3 Å². The molecule has 3 nitrogen and oxygen atoms in total. The normalized spacial score (nSPS) is 10.2. The van der Waals surface area contributed by atoms with Crippen molar-refractivity contribution in [3.05, 3.63) is 44.2 Å². The Morgan fingerprint density at radius 2 is 2.20 bits per heavy atom. The van der Waals surface area contributed by atoms with Gasteiger partial charge in [0.2, 0.25) is 5.43 Å². The molecule has 0 saturated heterocycles. The van der Waals surface area contributed by atoms with Gasteiger partial charge in [-0.3, -0.25) is 4.79 Å². The number of aromatic nitrogens is 1. The van der Waals surface area contributed by atoms with E-state index >= 15 is 0 Å². The highest BCUT2D eigenvalue weighted by Crippen LogP contribution is 2.22. The fraction of sp³-hybridized carbons (Fsp3) is 0.0909. The smallest absolute Gasteiger partial charge is 0.208 e. The Hall–Kier alpha value is -1.60. The van der Waals surface area contributed by atoms with Crippen LogP contribution in [0.2, 0.25) is 0 Å². The molecule has 15 heavy (non-hydrogen) atoms. The Morgan fingerprint density at radius 1 is 1.47 bits per heavy atom. The lowest BCUT2D eigenvalue weighted by Crippen LogP contribution is -2.08. The molecule has 0 aliphatic heterocycles. The maximum atomic E-state index is 11.9.